The lowest BCUT2D eigenvalue weighted by Crippen LogP contribution is -2.30. The van der Waals surface area contributed by atoms with Crippen LogP contribution in [-0.2, 0) is 10.0 Å². The Morgan fingerprint density at radius 3 is 2.43 bits per heavy atom. The van der Waals surface area contributed by atoms with E-state index in [-0.39, 0.29) is 0 Å². The molecule has 0 heterocycles. The van der Waals surface area contributed by atoms with E-state index in [1.807, 2.05) is 0 Å². The minimum absolute atomic E-state index is 0.386. The third-order valence-corrected chi connectivity index (χ3v) is 4.63. The number of nitrogens with one attached hydrogen (secondary N) is 1. The largest absolute Gasteiger partial charge is 0.293 e. The second kappa shape index (κ2) is 6.46. The fraction of sp³-hybridized carbons (Fsp3) is 0.0714. The molecular weight excluding hydrogens is 361 g/mol. The van der Waals surface area contributed by atoms with Crippen LogP contribution in [-0.4, -0.2) is 20.7 Å². The van der Waals surface area contributed by atoms with Gasteiger partial charge >= 0.3 is 0 Å². The van der Waals surface area contributed by atoms with Crippen LogP contribution in [0.4, 0.5) is 4.39 Å². The van der Waals surface area contributed by atoms with Crippen molar-refractivity contribution < 1.29 is 17.6 Å². The van der Waals surface area contributed by atoms with Gasteiger partial charge in [-0.1, -0.05) is 46.3 Å². The molecule has 2 aromatic rings. The van der Waals surface area contributed by atoms with Gasteiger partial charge in [0.25, 0.3) is 0 Å². The monoisotopic (exact) mass is 371 g/mol. The molecule has 0 amide bonds. The van der Waals surface area contributed by atoms with Gasteiger partial charge in [-0.25, -0.2) is 17.5 Å². The van der Waals surface area contributed by atoms with Gasteiger partial charge in [0, 0.05) is 10.0 Å². The lowest BCUT2D eigenvalue weighted by atomic mass is 10.1. The summed E-state index contributed by atoms with van der Waals surface area (Å²) >= 11 is 3.05. The van der Waals surface area contributed by atoms with E-state index in [2.05, 4.69) is 20.7 Å². The van der Waals surface area contributed by atoms with Crippen LogP contribution in [0.25, 0.3) is 0 Å². The molecule has 0 atom stereocenters. The van der Waals surface area contributed by atoms with Gasteiger partial charge in [0.2, 0.25) is 10.0 Å². The summed E-state index contributed by atoms with van der Waals surface area (Å²) in [4.78, 5) is 11.3. The first kappa shape index (κ1) is 15.8. The first-order valence-corrected chi connectivity index (χ1v) is 8.21. The Morgan fingerprint density at radius 1 is 1.14 bits per heavy atom. The molecule has 1 N–H and O–H groups in total. The van der Waals surface area contributed by atoms with Crippen molar-refractivity contribution in [1.29, 1.82) is 0 Å². The molecule has 2 aromatic carbocycles. The predicted octanol–water partition coefficient (Wildman–Crippen LogP) is 2.75. The van der Waals surface area contributed by atoms with E-state index in [1.165, 1.54) is 6.07 Å². The topological polar surface area (TPSA) is 63.2 Å². The summed E-state index contributed by atoms with van der Waals surface area (Å²) in [6, 6.07) is 11.9. The second-order valence-electron chi connectivity index (χ2n) is 4.19. The number of rotatable bonds is 5. The number of hydrogen-bond acceptors (Lipinski definition) is 3. The maximum Gasteiger partial charge on any atom is 0.243 e. The molecule has 0 bridgehead atoms. The molecule has 21 heavy (non-hydrogen) atoms. The van der Waals surface area contributed by atoms with Crippen molar-refractivity contribution in [2.75, 3.05) is 6.54 Å². The molecule has 2 rings (SSSR count). The molecule has 0 fully saturated rings. The number of benzene rings is 2. The van der Waals surface area contributed by atoms with Gasteiger partial charge in [0.05, 0.1) is 6.54 Å². The molecule has 0 aromatic heterocycles. The van der Waals surface area contributed by atoms with Crippen LogP contribution in [0.5, 0.6) is 0 Å². The maximum absolute atomic E-state index is 13.7. The van der Waals surface area contributed by atoms with Gasteiger partial charge in [-0.3, -0.25) is 4.79 Å². The zero-order valence-corrected chi connectivity index (χ0v) is 13.1. The molecule has 0 aliphatic heterocycles. The van der Waals surface area contributed by atoms with Crippen LogP contribution in [0.3, 0.4) is 0 Å². The van der Waals surface area contributed by atoms with E-state index in [1.54, 1.807) is 30.3 Å². The van der Waals surface area contributed by atoms with E-state index in [4.69, 9.17) is 0 Å². The highest BCUT2D eigenvalue weighted by atomic mass is 79.9. The summed E-state index contributed by atoms with van der Waals surface area (Å²) in [5, 5.41) is 0. The Morgan fingerprint density at radius 2 is 1.81 bits per heavy atom. The van der Waals surface area contributed by atoms with Crippen molar-refractivity contribution in [3.63, 3.8) is 0 Å². The Bertz CT molecular complexity index is 763. The number of carbonyl (C=O) groups excluding carboxylic acids is 1. The third kappa shape index (κ3) is 3.96. The first-order chi connectivity index (χ1) is 9.90. The smallest absolute Gasteiger partial charge is 0.243 e. The Balaban J connectivity index is 2.13. The third-order valence-electron chi connectivity index (χ3n) is 2.70. The lowest BCUT2D eigenvalue weighted by molar-refractivity contribution is 0.0997. The highest BCUT2D eigenvalue weighted by Crippen LogP contribution is 2.19. The molecule has 0 radical (unpaired) electrons. The van der Waals surface area contributed by atoms with E-state index in [0.29, 0.717) is 10.0 Å². The fourth-order valence-electron chi connectivity index (χ4n) is 1.66. The summed E-state index contributed by atoms with van der Waals surface area (Å²) in [6.45, 7) is -0.429. The van der Waals surface area contributed by atoms with E-state index in [0.717, 1.165) is 12.1 Å². The second-order valence-corrected chi connectivity index (χ2v) is 6.84. The van der Waals surface area contributed by atoms with Crippen LogP contribution in [0.15, 0.2) is 57.9 Å². The van der Waals surface area contributed by atoms with Crippen molar-refractivity contribution in [3.8, 4) is 0 Å². The lowest BCUT2D eigenvalue weighted by Gasteiger charge is -2.07. The fourth-order valence-corrected chi connectivity index (χ4v) is 3.03. The van der Waals surface area contributed by atoms with Gasteiger partial charge in [0.15, 0.2) is 5.78 Å². The zero-order valence-electron chi connectivity index (χ0n) is 10.7. The van der Waals surface area contributed by atoms with Crippen molar-refractivity contribution in [3.05, 3.63) is 64.4 Å². The van der Waals surface area contributed by atoms with E-state index >= 15 is 0 Å². The van der Waals surface area contributed by atoms with Gasteiger partial charge in [0.1, 0.15) is 10.7 Å². The molecule has 4 nitrogen and oxygen atoms in total. The van der Waals surface area contributed by atoms with Gasteiger partial charge in [-0.05, 0) is 18.2 Å². The quantitative estimate of drug-likeness (QED) is 0.821. The van der Waals surface area contributed by atoms with E-state index in [9.17, 15) is 17.6 Å². The van der Waals surface area contributed by atoms with Gasteiger partial charge in [-0.15, -0.1) is 0 Å². The van der Waals surface area contributed by atoms with Crippen molar-refractivity contribution in [2.45, 2.75) is 4.90 Å². The molecule has 110 valence electrons. The number of ketones is 1. The van der Waals surface area contributed by atoms with Crippen molar-refractivity contribution in [2.24, 2.45) is 0 Å². The van der Waals surface area contributed by atoms with Crippen LogP contribution < -0.4 is 4.72 Å². The molecular formula is C14H11BrFNO3S. The Kier molecular flexibility index (Phi) is 4.87. The number of Topliss-reactive ketones (excluding diaryl/α,β-unsaturated/α-hetero) is 1. The summed E-state index contributed by atoms with van der Waals surface area (Å²) in [6.07, 6.45) is 0. The molecule has 7 heteroatoms. The normalized spacial score (nSPS) is 11.3. The van der Waals surface area contributed by atoms with Crippen LogP contribution in [0.2, 0.25) is 0 Å². The number of hydrogen-bond donors (Lipinski definition) is 1. The summed E-state index contributed by atoms with van der Waals surface area (Å²) in [5.74, 6) is -1.28. The Labute approximate surface area is 130 Å². The molecule has 0 aliphatic rings. The minimum Gasteiger partial charge on any atom is -0.293 e. The SMILES string of the molecule is O=C(CNS(=O)(=O)c1ccc(Br)cc1F)c1ccccc1. The number of sulfonamides is 1. The zero-order chi connectivity index (χ0) is 15.5. The van der Waals surface area contributed by atoms with Gasteiger partial charge < -0.3 is 0 Å². The number of halogens is 2. The van der Waals surface area contributed by atoms with E-state index < -0.39 is 33.1 Å². The summed E-state index contributed by atoms with van der Waals surface area (Å²) in [5.41, 5.74) is 0.386. The van der Waals surface area contributed by atoms with Gasteiger partial charge in [-0.2, -0.15) is 0 Å². The molecule has 0 unspecified atom stereocenters. The first-order valence-electron chi connectivity index (χ1n) is 5.93. The van der Waals surface area contributed by atoms with Crippen LogP contribution in [0.1, 0.15) is 10.4 Å². The van der Waals surface area contributed by atoms with Crippen molar-refractivity contribution in [1.82, 2.24) is 4.72 Å². The summed E-state index contributed by atoms with van der Waals surface area (Å²) < 4.78 is 40.2. The molecule has 0 spiro atoms. The molecule has 0 saturated carbocycles. The maximum atomic E-state index is 13.7. The average Bonchev–Trinajstić information content (AvgIpc) is 2.45. The van der Waals surface area contributed by atoms with Crippen LogP contribution in [0, 0.1) is 5.82 Å². The molecule has 0 aliphatic carbocycles. The summed E-state index contributed by atoms with van der Waals surface area (Å²) in [7, 11) is -4.08. The highest BCUT2D eigenvalue weighted by molar-refractivity contribution is 9.10. The Hall–Kier alpha value is -1.57. The standard InChI is InChI=1S/C14H11BrFNO3S/c15-11-6-7-14(12(16)8-11)21(19,20)17-9-13(18)10-4-2-1-3-5-10/h1-8,17H,9H2. The molecule has 0 saturated heterocycles. The highest BCUT2D eigenvalue weighted by Gasteiger charge is 2.20. The van der Waals surface area contributed by atoms with Crippen molar-refractivity contribution >= 4 is 31.7 Å². The average molecular weight is 372 g/mol. The van der Waals surface area contributed by atoms with Crippen LogP contribution >= 0.6 is 15.9 Å². The minimum atomic E-state index is -4.08. The number of carbonyl (C=O) groups is 1. The predicted molar refractivity (Wildman–Crippen MR) is 80.1 cm³/mol.